The normalized spacial score (nSPS) is 20.9. The Morgan fingerprint density at radius 2 is 2.10 bits per heavy atom. The number of anilines is 1. The molecule has 2 aromatic heterocycles. The highest BCUT2D eigenvalue weighted by atomic mass is 19.1. The zero-order valence-electron chi connectivity index (χ0n) is 17.0. The van der Waals surface area contributed by atoms with Crippen molar-refractivity contribution in [3.63, 3.8) is 0 Å². The highest BCUT2D eigenvalue weighted by molar-refractivity contribution is 5.91. The number of nitrogens with zero attached hydrogens (tertiary/aromatic N) is 2. The van der Waals surface area contributed by atoms with Gasteiger partial charge in [0.2, 0.25) is 5.91 Å². The van der Waals surface area contributed by atoms with Crippen LogP contribution in [0.2, 0.25) is 0 Å². The molecule has 1 fully saturated rings. The topological polar surface area (TPSA) is 110 Å². The minimum atomic E-state index is -0.676. The van der Waals surface area contributed by atoms with Crippen LogP contribution in [0.5, 0.6) is 5.75 Å². The average Bonchev–Trinajstić information content (AvgIpc) is 3.41. The third-order valence-corrected chi connectivity index (χ3v) is 5.08. The first-order chi connectivity index (χ1) is 14.9. The number of rotatable bonds is 6. The largest absolute Gasteiger partial charge is 0.481 e. The Hall–Kier alpha value is -3.66. The van der Waals surface area contributed by atoms with Gasteiger partial charge in [0.05, 0.1) is 12.2 Å². The van der Waals surface area contributed by atoms with E-state index in [0.717, 1.165) is 0 Å². The molecule has 3 heterocycles. The first-order valence-corrected chi connectivity index (χ1v) is 9.79. The number of furan rings is 1. The Bertz CT molecular complexity index is 1080. The zero-order valence-corrected chi connectivity index (χ0v) is 17.0. The predicted octanol–water partition coefficient (Wildman–Crippen LogP) is 2.50. The van der Waals surface area contributed by atoms with Crippen LogP contribution in [0.4, 0.5) is 10.2 Å². The monoisotopic (exact) mass is 427 g/mol. The molecular weight excluding hydrogens is 405 g/mol. The number of benzene rings is 1. The summed E-state index contributed by atoms with van der Waals surface area (Å²) < 4.78 is 25.8. The van der Waals surface area contributed by atoms with Crippen LogP contribution in [0.1, 0.15) is 20.1 Å². The van der Waals surface area contributed by atoms with Gasteiger partial charge in [-0.3, -0.25) is 14.9 Å². The summed E-state index contributed by atoms with van der Waals surface area (Å²) >= 11 is 0. The van der Waals surface area contributed by atoms with E-state index in [0.29, 0.717) is 17.3 Å². The van der Waals surface area contributed by atoms with Crippen LogP contribution in [0, 0.1) is 11.7 Å². The van der Waals surface area contributed by atoms with Crippen molar-refractivity contribution in [2.75, 3.05) is 11.9 Å². The summed E-state index contributed by atoms with van der Waals surface area (Å²) in [4.78, 5) is 24.8. The van der Waals surface area contributed by atoms with Crippen LogP contribution in [0.25, 0.3) is 11.5 Å². The van der Waals surface area contributed by atoms with Gasteiger partial charge in [0.1, 0.15) is 11.5 Å². The predicted molar refractivity (Wildman–Crippen MR) is 109 cm³/mol. The van der Waals surface area contributed by atoms with Gasteiger partial charge >= 0.3 is 0 Å². The van der Waals surface area contributed by atoms with E-state index >= 15 is 0 Å². The fourth-order valence-electron chi connectivity index (χ4n) is 3.17. The number of halogens is 1. The van der Waals surface area contributed by atoms with E-state index in [9.17, 15) is 14.0 Å². The van der Waals surface area contributed by atoms with E-state index in [2.05, 4.69) is 21.0 Å². The molecule has 9 nitrogen and oxygen atoms in total. The molecule has 31 heavy (non-hydrogen) atoms. The lowest BCUT2D eigenvalue weighted by atomic mass is 10.0. The molecule has 0 bridgehead atoms. The van der Waals surface area contributed by atoms with Crippen molar-refractivity contribution < 1.29 is 23.1 Å². The van der Waals surface area contributed by atoms with E-state index in [4.69, 9.17) is 9.15 Å². The number of aromatic nitrogens is 2. The quantitative estimate of drug-likeness (QED) is 0.558. The van der Waals surface area contributed by atoms with E-state index in [1.807, 2.05) is 13.8 Å². The van der Waals surface area contributed by atoms with Gasteiger partial charge in [0, 0.05) is 12.1 Å². The van der Waals surface area contributed by atoms with E-state index in [1.54, 1.807) is 24.3 Å². The molecule has 10 heteroatoms. The van der Waals surface area contributed by atoms with Gasteiger partial charge in [0.25, 0.3) is 5.91 Å². The molecule has 3 aromatic rings. The Kier molecular flexibility index (Phi) is 5.72. The first-order valence-electron chi connectivity index (χ1n) is 9.79. The van der Waals surface area contributed by atoms with Crippen molar-refractivity contribution in [3.8, 4) is 17.2 Å². The lowest BCUT2D eigenvalue weighted by Crippen LogP contribution is -2.57. The molecule has 1 aromatic carbocycles. The summed E-state index contributed by atoms with van der Waals surface area (Å²) in [5.74, 6) is -0.633. The summed E-state index contributed by atoms with van der Waals surface area (Å²) in [6.45, 7) is 3.32. The summed E-state index contributed by atoms with van der Waals surface area (Å²) in [5.41, 5.74) is 0.470. The number of amides is 2. The maximum atomic E-state index is 13.7. The molecule has 0 spiro atoms. The molecular formula is C21H22FN5O4. The Morgan fingerprint density at radius 3 is 2.81 bits per heavy atom. The maximum Gasteiger partial charge on any atom is 0.263 e. The molecule has 0 aliphatic carbocycles. The molecule has 1 aliphatic heterocycles. The molecule has 0 radical (unpaired) electrons. The first kappa shape index (κ1) is 20.6. The SMILES string of the molecule is CC1NC(n2nc(-c3ccco3)cc2NC(=O)COc2ccccc2F)NC(=O)C1C. The van der Waals surface area contributed by atoms with Crippen LogP contribution in [0.3, 0.4) is 0 Å². The summed E-state index contributed by atoms with van der Waals surface area (Å²) in [6.07, 6.45) is 0.837. The van der Waals surface area contributed by atoms with Gasteiger partial charge in [-0.05, 0) is 31.2 Å². The number of carbonyl (C=O) groups is 2. The van der Waals surface area contributed by atoms with Crippen molar-refractivity contribution in [2.45, 2.75) is 26.2 Å². The smallest absolute Gasteiger partial charge is 0.263 e. The Morgan fingerprint density at radius 1 is 1.29 bits per heavy atom. The van der Waals surface area contributed by atoms with Crippen LogP contribution >= 0.6 is 0 Å². The second-order valence-corrected chi connectivity index (χ2v) is 7.26. The number of hydrogen-bond donors (Lipinski definition) is 3. The lowest BCUT2D eigenvalue weighted by molar-refractivity contribution is -0.130. The van der Waals surface area contributed by atoms with E-state index in [-0.39, 0.29) is 23.6 Å². The molecule has 4 rings (SSSR count). The summed E-state index contributed by atoms with van der Waals surface area (Å²) in [6, 6.07) is 10.8. The molecule has 0 saturated carbocycles. The maximum absolute atomic E-state index is 13.7. The van der Waals surface area contributed by atoms with Gasteiger partial charge in [-0.25, -0.2) is 9.07 Å². The van der Waals surface area contributed by atoms with Gasteiger partial charge in [0.15, 0.2) is 30.2 Å². The van der Waals surface area contributed by atoms with Crippen molar-refractivity contribution in [1.82, 2.24) is 20.4 Å². The third kappa shape index (κ3) is 4.43. The highest BCUT2D eigenvalue weighted by Gasteiger charge is 2.32. The molecule has 1 aliphatic rings. The molecule has 162 valence electrons. The standard InChI is InChI=1S/C21H22FN5O4/c1-12-13(2)23-21(25-20(12)29)27-18(10-15(26-27)17-8-5-9-30-17)24-19(28)11-31-16-7-4-3-6-14(16)22/h3-10,12-13,21,23H,11H2,1-2H3,(H,24,28)(H,25,29). The lowest BCUT2D eigenvalue weighted by Gasteiger charge is -2.34. The zero-order chi connectivity index (χ0) is 22.0. The highest BCUT2D eigenvalue weighted by Crippen LogP contribution is 2.26. The molecule has 1 saturated heterocycles. The minimum absolute atomic E-state index is 0.0218. The number of carbonyl (C=O) groups excluding carboxylic acids is 2. The second-order valence-electron chi connectivity index (χ2n) is 7.26. The number of ether oxygens (including phenoxy) is 1. The molecule has 3 unspecified atom stereocenters. The van der Waals surface area contributed by atoms with Crippen LogP contribution in [-0.2, 0) is 9.59 Å². The number of nitrogens with one attached hydrogen (secondary N) is 3. The minimum Gasteiger partial charge on any atom is -0.481 e. The fourth-order valence-corrected chi connectivity index (χ4v) is 3.17. The summed E-state index contributed by atoms with van der Waals surface area (Å²) in [5, 5.41) is 13.3. The fraction of sp³-hybridized carbons (Fsp3) is 0.286. The third-order valence-electron chi connectivity index (χ3n) is 5.08. The van der Waals surface area contributed by atoms with Crippen molar-refractivity contribution in [3.05, 3.63) is 54.5 Å². The second kappa shape index (κ2) is 8.60. The number of para-hydroxylation sites is 1. The van der Waals surface area contributed by atoms with Crippen LogP contribution in [-0.4, -0.2) is 34.2 Å². The van der Waals surface area contributed by atoms with Crippen LogP contribution < -0.4 is 20.7 Å². The Labute approximate surface area is 177 Å². The summed E-state index contributed by atoms with van der Waals surface area (Å²) in [7, 11) is 0. The van der Waals surface area contributed by atoms with Gasteiger partial charge < -0.3 is 19.8 Å². The van der Waals surface area contributed by atoms with Crippen molar-refractivity contribution >= 4 is 17.6 Å². The molecule has 3 atom stereocenters. The van der Waals surface area contributed by atoms with E-state index in [1.165, 1.54) is 29.1 Å². The molecule has 2 amide bonds. The van der Waals surface area contributed by atoms with Crippen LogP contribution in [0.15, 0.2) is 53.1 Å². The Balaban J connectivity index is 1.55. The van der Waals surface area contributed by atoms with Crippen molar-refractivity contribution in [1.29, 1.82) is 0 Å². The van der Waals surface area contributed by atoms with Gasteiger partial charge in [-0.2, -0.15) is 5.10 Å². The number of hydrogen-bond acceptors (Lipinski definition) is 6. The average molecular weight is 427 g/mol. The van der Waals surface area contributed by atoms with E-state index < -0.39 is 24.6 Å². The van der Waals surface area contributed by atoms with Gasteiger partial charge in [-0.15, -0.1) is 0 Å². The van der Waals surface area contributed by atoms with Crippen molar-refractivity contribution in [2.24, 2.45) is 5.92 Å². The van der Waals surface area contributed by atoms with Gasteiger partial charge in [-0.1, -0.05) is 19.1 Å². The molecule has 3 N–H and O–H groups in total.